The third kappa shape index (κ3) is 11.5. The first-order chi connectivity index (χ1) is 27.9. The number of Topliss-reactive ketones (excluding diaryl/α,β-unsaturated/α-hetero) is 2. The van der Waals surface area contributed by atoms with Crippen molar-refractivity contribution in [2.24, 2.45) is 0 Å². The molecule has 0 amide bonds. The lowest BCUT2D eigenvalue weighted by atomic mass is 10.0. The van der Waals surface area contributed by atoms with Crippen LogP contribution in [-0.4, -0.2) is 27.2 Å². The van der Waals surface area contributed by atoms with Crippen LogP contribution in [0.15, 0.2) is 127 Å². The van der Waals surface area contributed by atoms with Crippen LogP contribution < -0.4 is 9.47 Å². The number of nitrogens with zero attached hydrogens (tertiary/aromatic N) is 1. The Kier molecular flexibility index (Phi) is 13.8. The van der Waals surface area contributed by atoms with E-state index >= 15 is 0 Å². The number of benzene rings is 5. The van der Waals surface area contributed by atoms with Crippen molar-refractivity contribution in [2.45, 2.75) is 52.3 Å². The number of aromatic nitrogens is 1. The van der Waals surface area contributed by atoms with Gasteiger partial charge in [0.15, 0.2) is 5.78 Å². The molecule has 0 fully saturated rings. The van der Waals surface area contributed by atoms with E-state index in [0.29, 0.717) is 5.69 Å². The average molecular weight is 820 g/mol. The maximum absolute atomic E-state index is 14.8. The van der Waals surface area contributed by atoms with Gasteiger partial charge in [-0.3, -0.25) is 4.79 Å². The second kappa shape index (κ2) is 18.7. The van der Waals surface area contributed by atoms with E-state index in [0.717, 1.165) is 59.7 Å². The molecule has 0 aliphatic rings. The van der Waals surface area contributed by atoms with Crippen molar-refractivity contribution < 1.29 is 59.7 Å². The number of hydrogen-bond acceptors (Lipinski definition) is 5. The van der Waals surface area contributed by atoms with Crippen LogP contribution in [0.3, 0.4) is 0 Å². The fraction of sp³-hybridized carbons (Fsp3) is 0.178. The number of ether oxygens (including phenoxy) is 2. The van der Waals surface area contributed by atoms with Crippen molar-refractivity contribution in [3.63, 3.8) is 0 Å². The van der Waals surface area contributed by atoms with Crippen LogP contribution in [0.5, 0.6) is 11.5 Å². The van der Waals surface area contributed by atoms with Crippen molar-refractivity contribution in [2.75, 3.05) is 0 Å². The van der Waals surface area contributed by atoms with E-state index in [1.54, 1.807) is 31.2 Å². The number of carboxylic acids is 1. The molecule has 1 aromatic heterocycles. The van der Waals surface area contributed by atoms with Gasteiger partial charge in [0, 0.05) is 24.1 Å². The van der Waals surface area contributed by atoms with Gasteiger partial charge >= 0.3 is 18.3 Å². The minimum atomic E-state index is -4.60. The standard InChI is InChI=1S/C26H19F4NO3.C19H17F3O3/c1-16-7-11-22(31(16)23-13-18(25(32)33)8-10-21(23)27)20-14-19(26(28,29)30)9-12-24(20)34-15-17-5-3-2-4-6-17;1-13(23)7-9-17(24)16-11-15(19(20,21)22)8-10-18(16)25-12-14-5-3-2-4-6-14/h2-14H,15H2,1H3,(H,32,33);2-6,8,10-11H,7,9,12H2,1H3. The summed E-state index contributed by atoms with van der Waals surface area (Å²) in [6.07, 6.45) is -9.34. The molecule has 6 rings (SSSR count). The highest BCUT2D eigenvalue weighted by atomic mass is 19.4. The first-order valence-electron chi connectivity index (χ1n) is 17.9. The number of aromatic carboxylic acids is 1. The Bertz CT molecular complexity index is 2420. The van der Waals surface area contributed by atoms with E-state index in [-0.39, 0.29) is 71.4 Å². The Labute approximate surface area is 334 Å². The normalized spacial score (nSPS) is 11.3. The van der Waals surface area contributed by atoms with Crippen LogP contribution in [0.2, 0.25) is 0 Å². The Hall–Kier alpha value is -6.70. The third-order valence-corrected chi connectivity index (χ3v) is 8.88. The molecule has 0 spiro atoms. The minimum Gasteiger partial charge on any atom is -0.488 e. The van der Waals surface area contributed by atoms with E-state index < -0.39 is 41.0 Å². The molecule has 7 nitrogen and oxygen atoms in total. The summed E-state index contributed by atoms with van der Waals surface area (Å²) in [6.45, 7) is 3.21. The molecule has 1 N–H and O–H groups in total. The lowest BCUT2D eigenvalue weighted by Gasteiger charge is -2.18. The predicted molar refractivity (Wildman–Crippen MR) is 205 cm³/mol. The average Bonchev–Trinajstić information content (AvgIpc) is 3.59. The second-order valence-electron chi connectivity index (χ2n) is 13.3. The number of alkyl halides is 6. The summed E-state index contributed by atoms with van der Waals surface area (Å²) < 4.78 is 107. The fourth-order valence-electron chi connectivity index (χ4n) is 5.86. The molecule has 306 valence electrons. The maximum Gasteiger partial charge on any atom is 0.416 e. The first kappa shape index (κ1) is 43.4. The van der Waals surface area contributed by atoms with Gasteiger partial charge in [0.1, 0.15) is 36.3 Å². The number of hydrogen-bond donors (Lipinski definition) is 1. The number of aryl methyl sites for hydroxylation is 1. The highest BCUT2D eigenvalue weighted by molar-refractivity contribution is 6.00. The number of carbonyl (C=O) groups excluding carboxylic acids is 2. The predicted octanol–water partition coefficient (Wildman–Crippen LogP) is 11.7. The van der Waals surface area contributed by atoms with Crippen LogP contribution in [0.1, 0.15) is 68.4 Å². The fourth-order valence-corrected chi connectivity index (χ4v) is 5.86. The van der Waals surface area contributed by atoms with E-state index in [1.807, 2.05) is 48.5 Å². The van der Waals surface area contributed by atoms with E-state index in [4.69, 9.17) is 9.47 Å². The Morgan fingerprint density at radius 1 is 0.644 bits per heavy atom. The van der Waals surface area contributed by atoms with Crippen LogP contribution in [0, 0.1) is 12.7 Å². The van der Waals surface area contributed by atoms with Crippen LogP contribution in [0.25, 0.3) is 16.9 Å². The zero-order valence-electron chi connectivity index (χ0n) is 31.5. The summed E-state index contributed by atoms with van der Waals surface area (Å²) in [6, 6.07) is 30.5. The molecule has 0 unspecified atom stereocenters. The summed E-state index contributed by atoms with van der Waals surface area (Å²) in [7, 11) is 0. The summed E-state index contributed by atoms with van der Waals surface area (Å²) >= 11 is 0. The number of rotatable bonds is 13. The largest absolute Gasteiger partial charge is 0.488 e. The quantitative estimate of drug-likeness (QED) is 0.0921. The Morgan fingerprint density at radius 3 is 1.73 bits per heavy atom. The Morgan fingerprint density at radius 2 is 1.19 bits per heavy atom. The number of carbonyl (C=O) groups is 3. The van der Waals surface area contributed by atoms with Gasteiger partial charge in [-0.2, -0.15) is 26.3 Å². The zero-order valence-corrected chi connectivity index (χ0v) is 31.5. The maximum atomic E-state index is 14.8. The van der Waals surface area contributed by atoms with E-state index in [1.165, 1.54) is 17.6 Å². The van der Waals surface area contributed by atoms with Crippen molar-refractivity contribution in [1.82, 2.24) is 4.57 Å². The van der Waals surface area contributed by atoms with Crippen molar-refractivity contribution in [3.05, 3.63) is 172 Å². The molecule has 6 aromatic rings. The molecule has 0 aliphatic carbocycles. The van der Waals surface area contributed by atoms with Gasteiger partial charge in [-0.05, 0) is 91.7 Å². The van der Waals surface area contributed by atoms with Crippen LogP contribution in [0.4, 0.5) is 30.7 Å². The molecule has 0 saturated heterocycles. The third-order valence-electron chi connectivity index (χ3n) is 8.88. The monoisotopic (exact) mass is 819 g/mol. The molecule has 5 aromatic carbocycles. The number of carboxylic acid groups (broad SMARTS) is 1. The summed E-state index contributed by atoms with van der Waals surface area (Å²) in [5.41, 5.74) is 0.251. The highest BCUT2D eigenvalue weighted by Crippen LogP contribution is 2.40. The van der Waals surface area contributed by atoms with Crippen molar-refractivity contribution >= 4 is 17.5 Å². The zero-order chi connectivity index (χ0) is 42.9. The first-order valence-corrected chi connectivity index (χ1v) is 17.9. The lowest BCUT2D eigenvalue weighted by molar-refractivity contribution is -0.138. The molecular weight excluding hydrogens is 783 g/mol. The molecule has 1 heterocycles. The van der Waals surface area contributed by atoms with Crippen LogP contribution >= 0.6 is 0 Å². The number of halogens is 7. The van der Waals surface area contributed by atoms with E-state index in [2.05, 4.69) is 0 Å². The van der Waals surface area contributed by atoms with Crippen molar-refractivity contribution in [1.29, 1.82) is 0 Å². The Balaban J connectivity index is 0.000000236. The SMILES string of the molecule is CC(=O)CCC(=O)c1cc(C(F)(F)F)ccc1OCc1ccccc1.Cc1ccc(-c2cc(C(F)(F)F)ccc2OCc2ccccc2)n1-c1cc(C(=O)O)ccc1F. The summed E-state index contributed by atoms with van der Waals surface area (Å²) in [5.74, 6) is -2.48. The molecule has 0 atom stereocenters. The van der Waals surface area contributed by atoms with E-state index in [9.17, 15) is 50.2 Å². The summed E-state index contributed by atoms with van der Waals surface area (Å²) in [5, 5.41) is 9.32. The molecule has 0 radical (unpaired) electrons. The lowest BCUT2D eigenvalue weighted by Crippen LogP contribution is -2.10. The minimum absolute atomic E-state index is 0.0206. The van der Waals surface area contributed by atoms with Gasteiger partial charge < -0.3 is 23.9 Å². The molecular formula is C45H36F7NO6. The molecule has 0 saturated carbocycles. The molecule has 0 aliphatic heterocycles. The molecule has 14 heteroatoms. The summed E-state index contributed by atoms with van der Waals surface area (Å²) in [4.78, 5) is 34.7. The highest BCUT2D eigenvalue weighted by Gasteiger charge is 2.33. The molecule has 0 bridgehead atoms. The van der Waals surface area contributed by atoms with Crippen molar-refractivity contribution in [3.8, 4) is 28.4 Å². The number of ketones is 2. The van der Waals surface area contributed by atoms with Gasteiger partial charge in [-0.1, -0.05) is 60.7 Å². The van der Waals surface area contributed by atoms with Gasteiger partial charge in [0.05, 0.1) is 33.6 Å². The van der Waals surface area contributed by atoms with Gasteiger partial charge in [0.2, 0.25) is 0 Å². The van der Waals surface area contributed by atoms with Gasteiger partial charge in [-0.25, -0.2) is 9.18 Å². The smallest absolute Gasteiger partial charge is 0.416 e. The van der Waals surface area contributed by atoms with Gasteiger partial charge in [0.25, 0.3) is 0 Å². The molecule has 59 heavy (non-hydrogen) atoms. The van der Waals surface area contributed by atoms with Crippen LogP contribution in [-0.2, 0) is 30.4 Å². The van der Waals surface area contributed by atoms with Gasteiger partial charge in [-0.15, -0.1) is 0 Å². The topological polar surface area (TPSA) is 94.8 Å². The second-order valence-corrected chi connectivity index (χ2v) is 13.3.